The average Bonchev–Trinajstić information content (AvgIpc) is 3.90. The largest absolute Gasteiger partial charge is 0.497 e. The fourth-order valence-corrected chi connectivity index (χ4v) is 6.13. The molecule has 0 fully saturated rings. The van der Waals surface area contributed by atoms with E-state index in [9.17, 15) is 9.59 Å². The lowest BCUT2D eigenvalue weighted by Gasteiger charge is -2.24. The van der Waals surface area contributed by atoms with E-state index in [0.717, 1.165) is 28.3 Å². The van der Waals surface area contributed by atoms with Crippen LogP contribution < -0.4 is 19.5 Å². The molecule has 1 atom stereocenters. The van der Waals surface area contributed by atoms with E-state index in [2.05, 4.69) is 15.5 Å². The van der Waals surface area contributed by atoms with Crippen LogP contribution in [0.1, 0.15) is 40.0 Å². The lowest BCUT2D eigenvalue weighted by Crippen LogP contribution is -2.29. The fraction of sp³-hybridized carbons (Fsp3) is 0.206. The first-order chi connectivity index (χ1) is 23.0. The maximum absolute atomic E-state index is 14.0. The molecule has 5 aromatic rings. The molecule has 0 spiro atoms. The van der Waals surface area contributed by atoms with Crippen molar-refractivity contribution >= 4 is 29.3 Å². The van der Waals surface area contributed by atoms with Gasteiger partial charge in [0.1, 0.15) is 5.75 Å². The number of carbonyl (C=O) groups excluding carboxylic acids is 2. The van der Waals surface area contributed by atoms with Crippen LogP contribution in [0.25, 0.3) is 5.69 Å². The van der Waals surface area contributed by atoms with Crippen molar-refractivity contribution in [3.8, 4) is 22.9 Å². The van der Waals surface area contributed by atoms with Gasteiger partial charge in [0.05, 0.1) is 51.6 Å². The van der Waals surface area contributed by atoms with Gasteiger partial charge in [0.25, 0.3) is 11.8 Å². The first-order valence-electron chi connectivity index (χ1n) is 14.7. The van der Waals surface area contributed by atoms with E-state index in [4.69, 9.17) is 23.7 Å². The first kappa shape index (κ1) is 31.4. The number of rotatable bonds is 12. The number of methoxy groups -OCH3 is 3. The monoisotopic (exact) mass is 652 g/mol. The Kier molecular flexibility index (Phi) is 9.53. The third kappa shape index (κ3) is 6.70. The SMILES string of the molecule is COc1ccc(C2=NN(C(=O)CSc3nnc(CNC(=O)c4ccco4)n3-c3ccccc3)[C@H](c3cccc(OC)c3OC)C2)cc1. The summed E-state index contributed by atoms with van der Waals surface area (Å²) in [5.74, 6) is 1.93. The van der Waals surface area contributed by atoms with Crippen LogP contribution in [0.3, 0.4) is 0 Å². The number of hydrogen-bond donors (Lipinski definition) is 1. The molecule has 0 saturated carbocycles. The number of para-hydroxylation sites is 2. The first-order valence-corrected chi connectivity index (χ1v) is 15.7. The second-order valence-electron chi connectivity index (χ2n) is 10.3. The van der Waals surface area contributed by atoms with Gasteiger partial charge in [0, 0.05) is 17.7 Å². The van der Waals surface area contributed by atoms with Gasteiger partial charge in [0.15, 0.2) is 28.2 Å². The molecule has 47 heavy (non-hydrogen) atoms. The van der Waals surface area contributed by atoms with E-state index in [-0.39, 0.29) is 29.9 Å². The van der Waals surface area contributed by atoms with Crippen molar-refractivity contribution in [1.29, 1.82) is 0 Å². The number of hydrogen-bond acceptors (Lipinski definition) is 10. The molecule has 3 aromatic carbocycles. The summed E-state index contributed by atoms with van der Waals surface area (Å²) >= 11 is 1.23. The summed E-state index contributed by atoms with van der Waals surface area (Å²) < 4.78 is 23.6. The van der Waals surface area contributed by atoms with Crippen LogP contribution in [0.2, 0.25) is 0 Å². The molecule has 0 saturated heterocycles. The maximum Gasteiger partial charge on any atom is 0.287 e. The molecule has 6 rings (SSSR count). The van der Waals surface area contributed by atoms with Crippen molar-refractivity contribution in [2.75, 3.05) is 27.1 Å². The van der Waals surface area contributed by atoms with Crippen molar-refractivity contribution in [2.24, 2.45) is 5.10 Å². The maximum atomic E-state index is 14.0. The van der Waals surface area contributed by atoms with Crippen LogP contribution in [0.5, 0.6) is 17.2 Å². The third-order valence-corrected chi connectivity index (χ3v) is 8.49. The number of thioether (sulfide) groups is 1. The van der Waals surface area contributed by atoms with Crippen molar-refractivity contribution in [3.63, 3.8) is 0 Å². The second-order valence-corrected chi connectivity index (χ2v) is 11.3. The summed E-state index contributed by atoms with van der Waals surface area (Å²) in [4.78, 5) is 26.6. The zero-order chi connectivity index (χ0) is 32.8. The van der Waals surface area contributed by atoms with Crippen LogP contribution in [0, 0.1) is 0 Å². The predicted molar refractivity (Wildman–Crippen MR) is 175 cm³/mol. The Morgan fingerprint density at radius 2 is 1.72 bits per heavy atom. The standard InChI is InChI=1S/C34H32N6O6S/c1-43-24-16-14-22(15-17-24)26-19-27(25-11-7-12-28(44-2)32(25)45-3)40(38-26)31(41)21-47-34-37-36-30(39(34)23-9-5-4-6-10-23)20-35-33(42)29-13-8-18-46-29/h4-18,27H,19-21H2,1-3H3,(H,35,42)/t27-/m0/s1. The molecule has 0 aliphatic carbocycles. The van der Waals surface area contributed by atoms with Gasteiger partial charge in [-0.2, -0.15) is 5.10 Å². The highest BCUT2D eigenvalue weighted by atomic mass is 32.2. The summed E-state index contributed by atoms with van der Waals surface area (Å²) in [5.41, 5.74) is 3.20. The van der Waals surface area contributed by atoms with E-state index in [1.54, 1.807) is 33.5 Å². The number of nitrogens with zero attached hydrogens (tertiary/aromatic N) is 5. The number of nitrogens with one attached hydrogen (secondary N) is 1. The highest BCUT2D eigenvalue weighted by molar-refractivity contribution is 7.99. The third-order valence-electron chi connectivity index (χ3n) is 7.57. The van der Waals surface area contributed by atoms with Gasteiger partial charge in [-0.1, -0.05) is 42.1 Å². The molecule has 2 aromatic heterocycles. The molecule has 1 aliphatic heterocycles. The Balaban J connectivity index is 1.27. The summed E-state index contributed by atoms with van der Waals surface area (Å²) in [7, 11) is 4.77. The van der Waals surface area contributed by atoms with Crippen LogP contribution in [-0.2, 0) is 11.3 Å². The van der Waals surface area contributed by atoms with Gasteiger partial charge in [-0.3, -0.25) is 14.2 Å². The number of ether oxygens (including phenoxy) is 3. The lowest BCUT2D eigenvalue weighted by atomic mass is 9.97. The van der Waals surface area contributed by atoms with Crippen molar-refractivity contribution in [2.45, 2.75) is 24.2 Å². The van der Waals surface area contributed by atoms with E-state index >= 15 is 0 Å². The molecule has 0 bridgehead atoms. The van der Waals surface area contributed by atoms with Crippen molar-refractivity contribution < 1.29 is 28.2 Å². The second kappa shape index (κ2) is 14.3. The smallest absolute Gasteiger partial charge is 0.287 e. The number of carbonyl (C=O) groups is 2. The van der Waals surface area contributed by atoms with Gasteiger partial charge in [-0.05, 0) is 60.2 Å². The minimum Gasteiger partial charge on any atom is -0.497 e. The summed E-state index contributed by atoms with van der Waals surface area (Å²) in [6, 6.07) is 25.5. The molecule has 0 unspecified atom stereocenters. The predicted octanol–water partition coefficient (Wildman–Crippen LogP) is 5.29. The Bertz CT molecular complexity index is 1880. The number of hydrazone groups is 1. The lowest BCUT2D eigenvalue weighted by molar-refractivity contribution is -0.130. The zero-order valence-electron chi connectivity index (χ0n) is 26.0. The minimum atomic E-state index is -0.440. The Morgan fingerprint density at radius 1 is 0.915 bits per heavy atom. The molecular formula is C34H32N6O6S. The van der Waals surface area contributed by atoms with Crippen LogP contribution >= 0.6 is 11.8 Å². The number of aromatic nitrogens is 3. The average molecular weight is 653 g/mol. The zero-order valence-corrected chi connectivity index (χ0v) is 26.8. The Morgan fingerprint density at radius 3 is 2.43 bits per heavy atom. The fourth-order valence-electron chi connectivity index (χ4n) is 5.31. The highest BCUT2D eigenvalue weighted by Gasteiger charge is 2.36. The van der Waals surface area contributed by atoms with E-state index in [1.807, 2.05) is 77.4 Å². The van der Waals surface area contributed by atoms with Gasteiger partial charge < -0.3 is 23.9 Å². The normalized spacial score (nSPS) is 14.1. The summed E-state index contributed by atoms with van der Waals surface area (Å²) in [6.45, 7) is 0.0925. The van der Waals surface area contributed by atoms with Gasteiger partial charge in [0.2, 0.25) is 0 Å². The van der Waals surface area contributed by atoms with Gasteiger partial charge in [-0.25, -0.2) is 5.01 Å². The molecule has 13 heteroatoms. The molecule has 240 valence electrons. The molecule has 1 N–H and O–H groups in total. The summed E-state index contributed by atoms with van der Waals surface area (Å²) in [6.07, 6.45) is 1.90. The van der Waals surface area contributed by atoms with Gasteiger partial charge in [-0.15, -0.1) is 10.2 Å². The number of amides is 2. The van der Waals surface area contributed by atoms with Crippen molar-refractivity contribution in [1.82, 2.24) is 25.1 Å². The van der Waals surface area contributed by atoms with Crippen LogP contribution in [0.4, 0.5) is 0 Å². The van der Waals surface area contributed by atoms with Crippen molar-refractivity contribution in [3.05, 3.63) is 114 Å². The van der Waals surface area contributed by atoms with Crippen LogP contribution in [0.15, 0.2) is 106 Å². The number of benzene rings is 3. The summed E-state index contributed by atoms with van der Waals surface area (Å²) in [5, 5.41) is 18.4. The van der Waals surface area contributed by atoms with E-state index in [1.165, 1.54) is 23.0 Å². The highest BCUT2D eigenvalue weighted by Crippen LogP contribution is 2.42. The Labute approximate surface area is 275 Å². The van der Waals surface area contributed by atoms with E-state index in [0.29, 0.717) is 28.9 Å². The molecular weight excluding hydrogens is 620 g/mol. The molecule has 3 heterocycles. The van der Waals surface area contributed by atoms with Gasteiger partial charge >= 0.3 is 0 Å². The molecule has 1 aliphatic rings. The Hall–Kier alpha value is -5.56. The molecule has 12 nitrogen and oxygen atoms in total. The minimum absolute atomic E-state index is 0.0197. The molecule has 2 amide bonds. The topological polar surface area (TPSA) is 133 Å². The quantitative estimate of drug-likeness (QED) is 0.179. The van der Waals surface area contributed by atoms with Crippen LogP contribution in [-0.4, -0.2) is 64.4 Å². The number of furan rings is 1. The van der Waals surface area contributed by atoms with E-state index < -0.39 is 6.04 Å². The molecule has 0 radical (unpaired) electrons.